The number of hydrogen-bond acceptors (Lipinski definition) is 2. The van der Waals surface area contributed by atoms with E-state index in [2.05, 4.69) is 0 Å². The molecule has 0 aliphatic rings. The summed E-state index contributed by atoms with van der Waals surface area (Å²) in [4.78, 5) is 2.33. The van der Waals surface area contributed by atoms with Crippen LogP contribution in [0.3, 0.4) is 0 Å². The Morgan fingerprint density at radius 3 is 2.43 bits per heavy atom. The number of benzene rings is 2. The maximum atomic E-state index is 13.8. The summed E-state index contributed by atoms with van der Waals surface area (Å²) in [7, 11) is 0. The summed E-state index contributed by atoms with van der Waals surface area (Å²) in [5, 5.41) is 0. The molecule has 0 amide bonds. The lowest BCUT2D eigenvalue weighted by atomic mass is 10.1. The Kier molecular flexibility index (Phi) is 5.22. The van der Waals surface area contributed by atoms with Crippen LogP contribution in [0.4, 0.5) is 14.5 Å². The molecule has 0 atom stereocenters. The molecule has 0 aliphatic carbocycles. The number of hydrogen-bond donors (Lipinski definition) is 1. The van der Waals surface area contributed by atoms with Crippen molar-refractivity contribution in [1.29, 1.82) is 0 Å². The number of halogens is 2. The highest BCUT2D eigenvalue weighted by atomic mass is 32.1. The molecule has 2 aromatic rings. The van der Waals surface area contributed by atoms with E-state index in [1.165, 1.54) is 6.07 Å². The van der Waals surface area contributed by atoms with Crippen molar-refractivity contribution in [3.05, 3.63) is 65.7 Å². The average molecular weight is 306 g/mol. The second kappa shape index (κ2) is 7.13. The van der Waals surface area contributed by atoms with Gasteiger partial charge in [0.05, 0.1) is 4.99 Å². The molecule has 0 heterocycles. The normalized spacial score (nSPS) is 10.4. The molecular weight excluding hydrogens is 290 g/mol. The third kappa shape index (κ3) is 4.23. The summed E-state index contributed by atoms with van der Waals surface area (Å²) in [5.41, 5.74) is 6.76. The Morgan fingerprint density at radius 2 is 1.76 bits per heavy atom. The monoisotopic (exact) mass is 306 g/mol. The largest absolute Gasteiger partial charge is 0.393 e. The summed E-state index contributed by atoms with van der Waals surface area (Å²) in [5.74, 6) is -1.65. The predicted octanol–water partition coefficient (Wildman–Crippen LogP) is 3.65. The topological polar surface area (TPSA) is 29.3 Å². The maximum absolute atomic E-state index is 13.8. The van der Waals surface area contributed by atoms with Gasteiger partial charge in [0.2, 0.25) is 0 Å². The Morgan fingerprint density at radius 1 is 1.05 bits per heavy atom. The standard InChI is InChI=1S/C16H16F2N2S/c17-14-8-4-5-12(16(14)18)11-20(10-9-15(19)21)13-6-2-1-3-7-13/h1-8H,9-11H2,(H2,19,21). The van der Waals surface area contributed by atoms with Crippen LogP contribution in [0.5, 0.6) is 0 Å². The Labute approximate surface area is 128 Å². The minimum Gasteiger partial charge on any atom is -0.393 e. The fourth-order valence-electron chi connectivity index (χ4n) is 2.06. The predicted molar refractivity (Wildman–Crippen MR) is 85.3 cm³/mol. The number of nitrogens with zero attached hydrogens (tertiary/aromatic N) is 1. The first-order chi connectivity index (χ1) is 10.1. The van der Waals surface area contributed by atoms with Gasteiger partial charge < -0.3 is 10.6 Å². The molecular formula is C16H16F2N2S. The number of para-hydroxylation sites is 1. The minimum atomic E-state index is -0.838. The van der Waals surface area contributed by atoms with E-state index in [-0.39, 0.29) is 6.54 Å². The number of rotatable bonds is 6. The van der Waals surface area contributed by atoms with Crippen LogP contribution in [0.15, 0.2) is 48.5 Å². The molecule has 0 spiro atoms. The van der Waals surface area contributed by atoms with Gasteiger partial charge in [-0.3, -0.25) is 0 Å². The van der Waals surface area contributed by atoms with E-state index in [4.69, 9.17) is 18.0 Å². The van der Waals surface area contributed by atoms with Gasteiger partial charge >= 0.3 is 0 Å². The zero-order chi connectivity index (χ0) is 15.2. The minimum absolute atomic E-state index is 0.260. The van der Waals surface area contributed by atoms with Gasteiger partial charge in [-0.2, -0.15) is 0 Å². The molecule has 0 aliphatic heterocycles. The highest BCUT2D eigenvalue weighted by Gasteiger charge is 2.13. The first-order valence-corrected chi connectivity index (χ1v) is 7.00. The first kappa shape index (κ1) is 15.4. The molecule has 2 N–H and O–H groups in total. The third-order valence-corrected chi connectivity index (χ3v) is 3.35. The Balaban J connectivity index is 2.23. The number of thiocarbonyl (C=S) groups is 1. The Bertz CT molecular complexity index is 617. The zero-order valence-corrected chi connectivity index (χ0v) is 12.2. The molecule has 0 aromatic heterocycles. The van der Waals surface area contributed by atoms with Gasteiger partial charge in [0.25, 0.3) is 0 Å². The van der Waals surface area contributed by atoms with Crippen molar-refractivity contribution in [3.63, 3.8) is 0 Å². The zero-order valence-electron chi connectivity index (χ0n) is 11.4. The van der Waals surface area contributed by atoms with Crippen LogP contribution in [0.2, 0.25) is 0 Å². The first-order valence-electron chi connectivity index (χ1n) is 6.59. The van der Waals surface area contributed by atoms with Crippen LogP contribution in [0.25, 0.3) is 0 Å². The molecule has 2 aromatic carbocycles. The highest BCUT2D eigenvalue weighted by molar-refractivity contribution is 7.80. The van der Waals surface area contributed by atoms with E-state index >= 15 is 0 Å². The SMILES string of the molecule is NC(=S)CCN(Cc1cccc(F)c1F)c1ccccc1. The Hall–Kier alpha value is -2.01. The molecule has 2 nitrogen and oxygen atoms in total. The van der Waals surface area contributed by atoms with E-state index < -0.39 is 11.6 Å². The lowest BCUT2D eigenvalue weighted by Gasteiger charge is -2.25. The van der Waals surface area contributed by atoms with Crippen LogP contribution in [0, 0.1) is 11.6 Å². The molecule has 5 heteroatoms. The highest BCUT2D eigenvalue weighted by Crippen LogP contribution is 2.20. The number of anilines is 1. The lowest BCUT2D eigenvalue weighted by Crippen LogP contribution is -2.27. The quantitative estimate of drug-likeness (QED) is 0.826. The van der Waals surface area contributed by atoms with Crippen molar-refractivity contribution in [3.8, 4) is 0 Å². The molecule has 0 saturated heterocycles. The van der Waals surface area contributed by atoms with Gasteiger partial charge in [0.1, 0.15) is 0 Å². The van der Waals surface area contributed by atoms with Gasteiger partial charge in [0.15, 0.2) is 11.6 Å². The van der Waals surface area contributed by atoms with Crippen LogP contribution in [0.1, 0.15) is 12.0 Å². The van der Waals surface area contributed by atoms with Crippen molar-refractivity contribution in [2.75, 3.05) is 11.4 Å². The molecule has 0 radical (unpaired) electrons. The van der Waals surface area contributed by atoms with Crippen molar-refractivity contribution in [2.45, 2.75) is 13.0 Å². The molecule has 0 unspecified atom stereocenters. The van der Waals surface area contributed by atoms with Crippen LogP contribution >= 0.6 is 12.2 Å². The van der Waals surface area contributed by atoms with Gasteiger partial charge in [-0.1, -0.05) is 42.5 Å². The second-order valence-electron chi connectivity index (χ2n) is 4.69. The van der Waals surface area contributed by atoms with Gasteiger partial charge in [-0.05, 0) is 18.2 Å². The summed E-state index contributed by atoms with van der Waals surface area (Å²) >= 11 is 4.89. The fraction of sp³-hybridized carbons (Fsp3) is 0.188. The fourth-order valence-corrected chi connectivity index (χ4v) is 2.15. The molecule has 0 saturated carbocycles. The molecule has 0 fully saturated rings. The molecule has 110 valence electrons. The van der Waals surface area contributed by atoms with E-state index in [0.717, 1.165) is 11.8 Å². The third-order valence-electron chi connectivity index (χ3n) is 3.14. The van der Waals surface area contributed by atoms with Gasteiger partial charge in [0, 0.05) is 30.8 Å². The summed E-state index contributed by atoms with van der Waals surface area (Å²) in [6, 6.07) is 13.7. The van der Waals surface area contributed by atoms with Crippen LogP contribution in [-0.4, -0.2) is 11.5 Å². The van der Waals surface area contributed by atoms with E-state index in [1.54, 1.807) is 6.07 Å². The van der Waals surface area contributed by atoms with Crippen LogP contribution in [-0.2, 0) is 6.54 Å². The lowest BCUT2D eigenvalue weighted by molar-refractivity contribution is 0.497. The van der Waals surface area contributed by atoms with Crippen molar-refractivity contribution >= 4 is 22.9 Å². The van der Waals surface area contributed by atoms with Crippen LogP contribution < -0.4 is 10.6 Å². The number of nitrogens with two attached hydrogens (primary N) is 1. The van der Waals surface area contributed by atoms with Crippen molar-refractivity contribution < 1.29 is 8.78 Å². The summed E-state index contributed by atoms with van der Waals surface area (Å²) < 4.78 is 27.1. The molecule has 2 rings (SSSR count). The molecule has 21 heavy (non-hydrogen) atoms. The summed E-state index contributed by atoms with van der Waals surface area (Å²) in [6.45, 7) is 0.811. The van der Waals surface area contributed by atoms with E-state index in [9.17, 15) is 8.78 Å². The maximum Gasteiger partial charge on any atom is 0.163 e. The second-order valence-corrected chi connectivity index (χ2v) is 5.21. The smallest absolute Gasteiger partial charge is 0.163 e. The molecule has 0 bridgehead atoms. The van der Waals surface area contributed by atoms with E-state index in [0.29, 0.717) is 23.5 Å². The van der Waals surface area contributed by atoms with Gasteiger partial charge in [-0.25, -0.2) is 8.78 Å². The van der Waals surface area contributed by atoms with Gasteiger partial charge in [-0.15, -0.1) is 0 Å². The van der Waals surface area contributed by atoms with E-state index in [1.807, 2.05) is 35.2 Å². The van der Waals surface area contributed by atoms with Crippen molar-refractivity contribution in [2.24, 2.45) is 5.73 Å². The van der Waals surface area contributed by atoms with Crippen molar-refractivity contribution in [1.82, 2.24) is 0 Å². The summed E-state index contributed by atoms with van der Waals surface area (Å²) in [6.07, 6.45) is 0.515. The average Bonchev–Trinajstić information content (AvgIpc) is 2.48.